The van der Waals surface area contributed by atoms with Gasteiger partial charge in [-0.15, -0.1) is 0 Å². The van der Waals surface area contributed by atoms with Crippen molar-refractivity contribution in [1.29, 1.82) is 0 Å². The zero-order valence-electron chi connectivity index (χ0n) is 19.2. The van der Waals surface area contributed by atoms with Gasteiger partial charge in [0.25, 0.3) is 5.91 Å². The molecule has 1 saturated heterocycles. The molecule has 34 heavy (non-hydrogen) atoms. The summed E-state index contributed by atoms with van der Waals surface area (Å²) in [5.74, 6) is 0.967. The number of nitrogens with two attached hydrogens (primary N) is 2. The van der Waals surface area contributed by atoms with Crippen LogP contribution in [0.1, 0.15) is 36.8 Å². The van der Waals surface area contributed by atoms with E-state index >= 15 is 0 Å². The highest BCUT2D eigenvalue weighted by molar-refractivity contribution is 6.13. The SMILES string of the molecule is CC(c1ccccc1)C1NC2=C(CCCN=C(N)N)N=C(c3c[nH]c4ccccc34)CN2C1=O. The zero-order valence-corrected chi connectivity index (χ0v) is 19.2. The maximum atomic E-state index is 13.6. The number of nitrogens with zero attached hydrogens (tertiary/aromatic N) is 3. The Morgan fingerprint density at radius 2 is 1.94 bits per heavy atom. The number of guanidine groups is 1. The van der Waals surface area contributed by atoms with Crippen LogP contribution in [0.4, 0.5) is 0 Å². The third-order valence-corrected chi connectivity index (χ3v) is 6.54. The van der Waals surface area contributed by atoms with Crippen molar-refractivity contribution in [3.8, 4) is 0 Å². The minimum absolute atomic E-state index is 0.0197. The Morgan fingerprint density at radius 1 is 1.18 bits per heavy atom. The molecular weight excluding hydrogens is 426 g/mol. The molecule has 6 N–H and O–H groups in total. The summed E-state index contributed by atoms with van der Waals surface area (Å²) in [4.78, 5) is 27.9. The average molecular weight is 456 g/mol. The number of para-hydroxylation sites is 1. The number of H-pyrrole nitrogens is 1. The van der Waals surface area contributed by atoms with Gasteiger partial charge in [0.2, 0.25) is 0 Å². The first-order valence-corrected chi connectivity index (χ1v) is 11.6. The van der Waals surface area contributed by atoms with Crippen LogP contribution in [0.5, 0.6) is 0 Å². The summed E-state index contributed by atoms with van der Waals surface area (Å²) >= 11 is 0. The number of allylic oxidation sites excluding steroid dienone is 1. The number of hydrogen-bond donors (Lipinski definition) is 4. The summed E-state index contributed by atoms with van der Waals surface area (Å²) in [5, 5.41) is 4.60. The van der Waals surface area contributed by atoms with E-state index in [1.165, 1.54) is 0 Å². The number of rotatable bonds is 7. The molecule has 5 rings (SSSR count). The second-order valence-corrected chi connectivity index (χ2v) is 8.76. The van der Waals surface area contributed by atoms with Gasteiger partial charge in [0.05, 0.1) is 18.0 Å². The summed E-state index contributed by atoms with van der Waals surface area (Å²) in [6.07, 6.45) is 3.36. The molecule has 0 saturated carbocycles. The lowest BCUT2D eigenvalue weighted by Crippen LogP contribution is -2.37. The highest BCUT2D eigenvalue weighted by Crippen LogP contribution is 2.33. The van der Waals surface area contributed by atoms with Crippen LogP contribution in [0, 0.1) is 0 Å². The predicted octanol–water partition coefficient (Wildman–Crippen LogP) is 2.80. The monoisotopic (exact) mass is 455 g/mol. The third-order valence-electron chi connectivity index (χ3n) is 6.54. The normalized spacial score (nSPS) is 18.5. The largest absolute Gasteiger partial charge is 0.370 e. The number of aliphatic imine (C=N–C) groups is 2. The van der Waals surface area contributed by atoms with E-state index in [-0.39, 0.29) is 23.8 Å². The second-order valence-electron chi connectivity index (χ2n) is 8.76. The van der Waals surface area contributed by atoms with E-state index in [0.29, 0.717) is 19.5 Å². The lowest BCUT2D eigenvalue weighted by Gasteiger charge is -2.25. The Kier molecular flexibility index (Phi) is 5.79. The lowest BCUT2D eigenvalue weighted by molar-refractivity contribution is -0.127. The average Bonchev–Trinajstić information content (AvgIpc) is 3.43. The van der Waals surface area contributed by atoms with Crippen LogP contribution in [0.25, 0.3) is 10.9 Å². The van der Waals surface area contributed by atoms with Crippen molar-refractivity contribution in [2.45, 2.75) is 31.7 Å². The topological polar surface area (TPSA) is 125 Å². The molecule has 2 atom stereocenters. The minimum atomic E-state index is -0.345. The quantitative estimate of drug-likeness (QED) is 0.248. The first-order chi connectivity index (χ1) is 16.5. The van der Waals surface area contributed by atoms with Crippen molar-refractivity contribution in [3.05, 3.63) is 83.4 Å². The van der Waals surface area contributed by atoms with Crippen LogP contribution in [-0.2, 0) is 4.79 Å². The number of carbonyl (C=O) groups is 1. The molecule has 3 aromatic rings. The van der Waals surface area contributed by atoms with Crippen molar-refractivity contribution in [2.75, 3.05) is 13.1 Å². The van der Waals surface area contributed by atoms with Crippen LogP contribution in [0.2, 0.25) is 0 Å². The highest BCUT2D eigenvalue weighted by atomic mass is 16.2. The van der Waals surface area contributed by atoms with Gasteiger partial charge in [-0.2, -0.15) is 0 Å². The highest BCUT2D eigenvalue weighted by Gasteiger charge is 2.42. The molecule has 1 fully saturated rings. The Morgan fingerprint density at radius 3 is 2.74 bits per heavy atom. The number of nitrogens with one attached hydrogen (secondary N) is 2. The van der Waals surface area contributed by atoms with Crippen molar-refractivity contribution in [3.63, 3.8) is 0 Å². The molecule has 0 bridgehead atoms. The van der Waals surface area contributed by atoms with E-state index < -0.39 is 0 Å². The van der Waals surface area contributed by atoms with Crippen molar-refractivity contribution in [2.24, 2.45) is 21.5 Å². The molecule has 8 nitrogen and oxygen atoms in total. The molecule has 0 radical (unpaired) electrons. The van der Waals surface area contributed by atoms with Crippen molar-refractivity contribution < 1.29 is 4.79 Å². The number of carbonyl (C=O) groups excluding carboxylic acids is 1. The molecule has 2 unspecified atom stereocenters. The van der Waals surface area contributed by atoms with Crippen LogP contribution in [-0.4, -0.2) is 46.6 Å². The van der Waals surface area contributed by atoms with E-state index in [4.69, 9.17) is 16.5 Å². The number of fused-ring (bicyclic) bond motifs is 2. The first kappa shape index (κ1) is 21.8. The van der Waals surface area contributed by atoms with E-state index in [0.717, 1.165) is 45.7 Å². The summed E-state index contributed by atoms with van der Waals surface area (Å²) in [7, 11) is 0. The molecule has 0 spiro atoms. The van der Waals surface area contributed by atoms with Gasteiger partial charge in [-0.3, -0.25) is 19.7 Å². The lowest BCUT2D eigenvalue weighted by atomic mass is 9.93. The van der Waals surface area contributed by atoms with Gasteiger partial charge in [0.1, 0.15) is 11.9 Å². The van der Waals surface area contributed by atoms with Crippen molar-refractivity contribution in [1.82, 2.24) is 15.2 Å². The molecule has 174 valence electrons. The maximum Gasteiger partial charge on any atom is 0.251 e. The van der Waals surface area contributed by atoms with Gasteiger partial charge in [0, 0.05) is 35.1 Å². The van der Waals surface area contributed by atoms with E-state index in [1.54, 1.807) is 0 Å². The van der Waals surface area contributed by atoms with Gasteiger partial charge in [-0.05, 0) is 24.5 Å². The molecule has 2 aliphatic rings. The molecule has 3 heterocycles. The predicted molar refractivity (Wildman–Crippen MR) is 135 cm³/mol. The summed E-state index contributed by atoms with van der Waals surface area (Å²) in [5.41, 5.74) is 15.9. The number of hydrogen-bond acceptors (Lipinski definition) is 4. The Balaban J connectivity index is 1.48. The molecule has 2 aliphatic heterocycles. The third kappa shape index (κ3) is 4.03. The number of amides is 1. The van der Waals surface area contributed by atoms with Gasteiger partial charge in [-0.25, -0.2) is 0 Å². The fourth-order valence-corrected chi connectivity index (χ4v) is 4.73. The fourth-order valence-electron chi connectivity index (χ4n) is 4.73. The van der Waals surface area contributed by atoms with Crippen LogP contribution < -0.4 is 16.8 Å². The van der Waals surface area contributed by atoms with Crippen molar-refractivity contribution >= 4 is 28.5 Å². The molecular formula is C26H29N7O. The minimum Gasteiger partial charge on any atom is -0.370 e. The fraction of sp³-hybridized carbons (Fsp3) is 0.269. The molecule has 0 aliphatic carbocycles. The van der Waals surface area contributed by atoms with Gasteiger partial charge in [-0.1, -0.05) is 55.5 Å². The molecule has 8 heteroatoms. The number of benzene rings is 2. The molecule has 2 aromatic carbocycles. The van der Waals surface area contributed by atoms with Crippen LogP contribution in [0.3, 0.4) is 0 Å². The number of aromatic nitrogens is 1. The zero-order chi connectivity index (χ0) is 23.7. The Hall–Kier alpha value is -4.07. The Labute approximate surface area is 198 Å². The summed E-state index contributed by atoms with van der Waals surface area (Å²) < 4.78 is 0. The van der Waals surface area contributed by atoms with E-state index in [2.05, 4.69) is 40.4 Å². The smallest absolute Gasteiger partial charge is 0.251 e. The molecule has 1 amide bonds. The standard InChI is InChI=1S/C26H29N7O/c1-16(17-8-3-2-4-9-17)23-25(34)33-15-22(19-14-30-20-11-6-5-10-18(19)20)31-21(24(33)32-23)12-7-13-29-26(27)28/h2-6,8-11,14,16,23,30,32H,7,12-13,15H2,1H3,(H4,27,28,29). The maximum absolute atomic E-state index is 13.6. The number of aromatic amines is 1. The second kappa shape index (κ2) is 9.05. The van der Waals surface area contributed by atoms with Crippen LogP contribution in [0.15, 0.2) is 82.3 Å². The van der Waals surface area contributed by atoms with Gasteiger partial charge >= 0.3 is 0 Å². The first-order valence-electron chi connectivity index (χ1n) is 11.6. The summed E-state index contributed by atoms with van der Waals surface area (Å²) in [6.45, 7) is 3.02. The summed E-state index contributed by atoms with van der Waals surface area (Å²) in [6, 6.07) is 17.9. The van der Waals surface area contributed by atoms with Gasteiger partial charge in [0.15, 0.2) is 5.96 Å². The van der Waals surface area contributed by atoms with E-state index in [1.807, 2.05) is 47.5 Å². The Bertz CT molecular complexity index is 1300. The van der Waals surface area contributed by atoms with Crippen LogP contribution >= 0.6 is 0 Å². The van der Waals surface area contributed by atoms with Gasteiger partial charge < -0.3 is 21.8 Å². The molecule has 1 aromatic heterocycles. The van der Waals surface area contributed by atoms with E-state index in [9.17, 15) is 4.79 Å².